The molecule has 0 spiro atoms. The average molecular weight is 293 g/mol. The number of nitrogens with one attached hydrogen (secondary N) is 1. The van der Waals surface area contributed by atoms with Gasteiger partial charge in [0.15, 0.2) is 0 Å². The van der Waals surface area contributed by atoms with Crippen molar-refractivity contribution in [3.63, 3.8) is 0 Å². The summed E-state index contributed by atoms with van der Waals surface area (Å²) in [5.41, 5.74) is 0.978. The van der Waals surface area contributed by atoms with E-state index in [4.69, 9.17) is 0 Å². The Morgan fingerprint density at radius 3 is 2.85 bits per heavy atom. The molecule has 1 N–H and O–H groups in total. The van der Waals surface area contributed by atoms with E-state index >= 15 is 0 Å². The van der Waals surface area contributed by atoms with E-state index in [1.807, 2.05) is 25.4 Å². The van der Waals surface area contributed by atoms with Gasteiger partial charge in [0.25, 0.3) is 0 Å². The molecule has 0 bridgehead atoms. The van der Waals surface area contributed by atoms with Crippen molar-refractivity contribution in [1.29, 1.82) is 0 Å². The van der Waals surface area contributed by atoms with E-state index in [2.05, 4.69) is 24.3 Å². The minimum Gasteiger partial charge on any atom is -0.310 e. The van der Waals surface area contributed by atoms with Crippen LogP contribution in [0.2, 0.25) is 0 Å². The summed E-state index contributed by atoms with van der Waals surface area (Å²) in [6.45, 7) is 5.11. The van der Waals surface area contributed by atoms with Crippen LogP contribution < -0.4 is 5.32 Å². The van der Waals surface area contributed by atoms with Gasteiger partial charge in [0.1, 0.15) is 5.82 Å². The highest BCUT2D eigenvalue weighted by molar-refractivity contribution is 7.99. The van der Waals surface area contributed by atoms with E-state index in [1.165, 1.54) is 11.8 Å². The Hall–Kier alpha value is -1.33. The molecule has 2 rings (SSSR count). The molecule has 2 aromatic rings. The lowest BCUT2D eigenvalue weighted by Gasteiger charge is -2.14. The van der Waals surface area contributed by atoms with Gasteiger partial charge in [-0.3, -0.25) is 4.68 Å². The van der Waals surface area contributed by atoms with E-state index in [0.29, 0.717) is 4.90 Å². The summed E-state index contributed by atoms with van der Waals surface area (Å²) in [4.78, 5) is 1.57. The van der Waals surface area contributed by atoms with Crippen LogP contribution in [0.1, 0.15) is 31.9 Å². The fraction of sp³-hybridized carbons (Fsp3) is 0.400. The summed E-state index contributed by atoms with van der Waals surface area (Å²) < 4.78 is 15.9. The number of hydrogen-bond donors (Lipinski definition) is 1. The molecule has 0 aliphatic rings. The van der Waals surface area contributed by atoms with Crippen LogP contribution in [0, 0.1) is 5.82 Å². The second kappa shape index (κ2) is 6.90. The van der Waals surface area contributed by atoms with Gasteiger partial charge in [0.05, 0.1) is 11.1 Å². The Labute approximate surface area is 123 Å². The maximum atomic E-state index is 14.1. The van der Waals surface area contributed by atoms with Crippen molar-refractivity contribution < 1.29 is 4.39 Å². The highest BCUT2D eigenvalue weighted by Crippen LogP contribution is 2.30. The first kappa shape index (κ1) is 15.1. The lowest BCUT2D eigenvalue weighted by atomic mass is 10.1. The van der Waals surface area contributed by atoms with E-state index < -0.39 is 0 Å². The van der Waals surface area contributed by atoms with Crippen molar-refractivity contribution in [2.75, 3.05) is 6.54 Å². The van der Waals surface area contributed by atoms with Gasteiger partial charge in [0, 0.05) is 24.2 Å². The molecule has 0 saturated heterocycles. The molecule has 0 aliphatic carbocycles. The molecule has 0 saturated carbocycles. The monoisotopic (exact) mass is 293 g/mol. The molecule has 0 aliphatic heterocycles. The molecule has 5 heteroatoms. The first-order valence-electron chi connectivity index (χ1n) is 6.79. The van der Waals surface area contributed by atoms with Gasteiger partial charge in [-0.25, -0.2) is 4.39 Å². The van der Waals surface area contributed by atoms with Gasteiger partial charge >= 0.3 is 0 Å². The standard InChI is InChI=1S/C15H20FN3S/c1-4-7-17-11(2)12-5-6-15(14(16)8-12)20-13-9-18-19(3)10-13/h5-6,8-11,17H,4,7H2,1-3H3. The SMILES string of the molecule is CCCNC(C)c1ccc(Sc2cnn(C)c2)c(F)c1. The van der Waals surface area contributed by atoms with Crippen LogP contribution in [0.25, 0.3) is 0 Å². The molecule has 1 aromatic heterocycles. The minimum absolute atomic E-state index is 0.168. The van der Waals surface area contributed by atoms with Crippen LogP contribution in [-0.2, 0) is 7.05 Å². The summed E-state index contributed by atoms with van der Waals surface area (Å²) in [6, 6.07) is 5.61. The number of rotatable bonds is 6. The van der Waals surface area contributed by atoms with Crippen LogP contribution in [-0.4, -0.2) is 16.3 Å². The molecule has 1 unspecified atom stereocenters. The second-order valence-electron chi connectivity index (χ2n) is 4.82. The average Bonchev–Trinajstić information content (AvgIpc) is 2.83. The fourth-order valence-corrected chi connectivity index (χ4v) is 2.78. The third-order valence-corrected chi connectivity index (χ3v) is 4.06. The van der Waals surface area contributed by atoms with Crippen molar-refractivity contribution in [2.24, 2.45) is 7.05 Å². The predicted octanol–water partition coefficient (Wildman–Crippen LogP) is 3.77. The zero-order valence-electron chi connectivity index (χ0n) is 12.1. The van der Waals surface area contributed by atoms with Gasteiger partial charge in [-0.1, -0.05) is 24.8 Å². The van der Waals surface area contributed by atoms with Crippen LogP contribution in [0.5, 0.6) is 0 Å². The normalized spacial score (nSPS) is 12.6. The number of nitrogens with zero attached hydrogens (tertiary/aromatic N) is 2. The Kier molecular flexibility index (Phi) is 5.20. The summed E-state index contributed by atoms with van der Waals surface area (Å²) >= 11 is 1.39. The lowest BCUT2D eigenvalue weighted by Crippen LogP contribution is -2.19. The predicted molar refractivity (Wildman–Crippen MR) is 80.4 cm³/mol. The quantitative estimate of drug-likeness (QED) is 0.879. The fourth-order valence-electron chi connectivity index (χ4n) is 1.93. The largest absolute Gasteiger partial charge is 0.310 e. The molecular weight excluding hydrogens is 273 g/mol. The maximum Gasteiger partial charge on any atom is 0.137 e. The van der Waals surface area contributed by atoms with E-state index in [-0.39, 0.29) is 11.9 Å². The highest BCUT2D eigenvalue weighted by Gasteiger charge is 2.10. The smallest absolute Gasteiger partial charge is 0.137 e. The first-order chi connectivity index (χ1) is 9.60. The van der Waals surface area contributed by atoms with E-state index in [1.54, 1.807) is 16.9 Å². The number of aryl methyl sites for hydroxylation is 1. The molecule has 1 heterocycles. The molecule has 108 valence electrons. The molecule has 20 heavy (non-hydrogen) atoms. The zero-order chi connectivity index (χ0) is 14.5. The molecule has 0 fully saturated rings. The summed E-state index contributed by atoms with van der Waals surface area (Å²) in [5, 5.41) is 7.45. The molecule has 1 atom stereocenters. The van der Waals surface area contributed by atoms with Crippen LogP contribution >= 0.6 is 11.8 Å². The van der Waals surface area contributed by atoms with Crippen molar-refractivity contribution in [2.45, 2.75) is 36.1 Å². The van der Waals surface area contributed by atoms with Gasteiger partial charge < -0.3 is 5.32 Å². The van der Waals surface area contributed by atoms with Gasteiger partial charge in [0.2, 0.25) is 0 Å². The summed E-state index contributed by atoms with van der Waals surface area (Å²) in [7, 11) is 1.85. The Morgan fingerprint density at radius 2 is 2.25 bits per heavy atom. The number of halogens is 1. The van der Waals surface area contributed by atoms with Crippen molar-refractivity contribution in [3.05, 3.63) is 42.0 Å². The Balaban J connectivity index is 2.09. The highest BCUT2D eigenvalue weighted by atomic mass is 32.2. The van der Waals surface area contributed by atoms with Gasteiger partial charge in [-0.15, -0.1) is 0 Å². The number of hydrogen-bond acceptors (Lipinski definition) is 3. The molecule has 0 radical (unpaired) electrons. The van der Waals surface area contributed by atoms with E-state index in [0.717, 1.165) is 23.4 Å². The third kappa shape index (κ3) is 3.84. The van der Waals surface area contributed by atoms with E-state index in [9.17, 15) is 4.39 Å². The summed E-state index contributed by atoms with van der Waals surface area (Å²) in [5.74, 6) is -0.179. The van der Waals surface area contributed by atoms with Crippen molar-refractivity contribution >= 4 is 11.8 Å². The Morgan fingerprint density at radius 1 is 1.45 bits per heavy atom. The molecule has 0 amide bonds. The molecular formula is C15H20FN3S. The third-order valence-electron chi connectivity index (χ3n) is 3.07. The van der Waals surface area contributed by atoms with Gasteiger partial charge in [-0.05, 0) is 37.6 Å². The van der Waals surface area contributed by atoms with Gasteiger partial charge in [-0.2, -0.15) is 5.10 Å². The molecule has 1 aromatic carbocycles. The lowest BCUT2D eigenvalue weighted by molar-refractivity contribution is 0.556. The van der Waals surface area contributed by atoms with Crippen LogP contribution in [0.15, 0.2) is 40.4 Å². The summed E-state index contributed by atoms with van der Waals surface area (Å²) in [6.07, 6.45) is 4.69. The van der Waals surface area contributed by atoms with Crippen molar-refractivity contribution in [3.8, 4) is 0 Å². The zero-order valence-corrected chi connectivity index (χ0v) is 12.9. The second-order valence-corrected chi connectivity index (χ2v) is 5.93. The van der Waals surface area contributed by atoms with Crippen LogP contribution in [0.3, 0.4) is 0 Å². The maximum absolute atomic E-state index is 14.1. The molecule has 3 nitrogen and oxygen atoms in total. The topological polar surface area (TPSA) is 29.9 Å². The Bertz CT molecular complexity index is 568. The number of benzene rings is 1. The number of aromatic nitrogens is 2. The van der Waals surface area contributed by atoms with Crippen LogP contribution in [0.4, 0.5) is 4.39 Å². The van der Waals surface area contributed by atoms with Crippen molar-refractivity contribution in [1.82, 2.24) is 15.1 Å². The minimum atomic E-state index is -0.179. The first-order valence-corrected chi connectivity index (χ1v) is 7.61.